The highest BCUT2D eigenvalue weighted by atomic mass is 35.5. The zero-order valence-corrected chi connectivity index (χ0v) is 19.8. The number of nitrogens with zero attached hydrogens (tertiary/aromatic N) is 4. The van der Waals surface area contributed by atoms with Gasteiger partial charge >= 0.3 is 5.69 Å². The molecule has 1 aliphatic carbocycles. The summed E-state index contributed by atoms with van der Waals surface area (Å²) >= 11 is 6.21. The minimum atomic E-state index is -0.374. The SMILES string of the molecule is CC(C)(C)c1ccc(Cn2cnc3c2c(=O)n(CC2CC2)c(=O)n3-c2cccc(Cl)c2)cc1. The van der Waals surface area contributed by atoms with Gasteiger partial charge in [0.1, 0.15) is 0 Å². The van der Waals surface area contributed by atoms with Crippen molar-refractivity contribution in [3.8, 4) is 5.69 Å². The average Bonchev–Trinajstić information content (AvgIpc) is 3.50. The number of imidazole rings is 1. The van der Waals surface area contributed by atoms with E-state index in [1.807, 2.05) is 10.6 Å². The zero-order valence-electron chi connectivity index (χ0n) is 19.1. The van der Waals surface area contributed by atoms with Crippen LogP contribution in [0.25, 0.3) is 16.9 Å². The normalized spacial score (nSPS) is 14.2. The Balaban J connectivity index is 1.66. The minimum Gasteiger partial charge on any atom is -0.320 e. The monoisotopic (exact) mass is 462 g/mol. The van der Waals surface area contributed by atoms with Gasteiger partial charge in [-0.25, -0.2) is 14.3 Å². The number of halogens is 1. The van der Waals surface area contributed by atoms with Gasteiger partial charge in [-0.05, 0) is 53.5 Å². The van der Waals surface area contributed by atoms with Gasteiger partial charge in [-0.3, -0.25) is 9.36 Å². The second kappa shape index (κ2) is 8.03. The Bertz CT molecular complexity index is 1450. The molecule has 5 rings (SSSR count). The Hall–Kier alpha value is -3.12. The highest BCUT2D eigenvalue weighted by Gasteiger charge is 2.26. The number of aromatic nitrogens is 4. The van der Waals surface area contributed by atoms with Gasteiger partial charge in [0.25, 0.3) is 5.56 Å². The van der Waals surface area contributed by atoms with Crippen LogP contribution in [-0.4, -0.2) is 18.7 Å². The summed E-state index contributed by atoms with van der Waals surface area (Å²) in [5.74, 6) is 0.377. The minimum absolute atomic E-state index is 0.0732. The number of hydrogen-bond donors (Lipinski definition) is 0. The molecule has 2 aromatic carbocycles. The molecule has 2 heterocycles. The summed E-state index contributed by atoms with van der Waals surface area (Å²) in [6, 6.07) is 15.5. The third-order valence-electron chi connectivity index (χ3n) is 6.28. The van der Waals surface area contributed by atoms with Gasteiger partial charge in [0.05, 0.1) is 12.0 Å². The molecule has 0 amide bonds. The van der Waals surface area contributed by atoms with Crippen molar-refractivity contribution in [2.75, 3.05) is 0 Å². The van der Waals surface area contributed by atoms with Gasteiger partial charge in [-0.1, -0.05) is 62.7 Å². The number of rotatable bonds is 5. The van der Waals surface area contributed by atoms with Crippen molar-refractivity contribution in [2.24, 2.45) is 5.92 Å². The van der Waals surface area contributed by atoms with E-state index in [0.29, 0.717) is 40.9 Å². The van der Waals surface area contributed by atoms with Gasteiger partial charge in [-0.15, -0.1) is 0 Å². The van der Waals surface area contributed by atoms with Crippen LogP contribution in [0, 0.1) is 5.92 Å². The first-order chi connectivity index (χ1) is 15.7. The van der Waals surface area contributed by atoms with Crippen LogP contribution in [0.3, 0.4) is 0 Å². The second-order valence-electron chi connectivity index (χ2n) is 9.95. The molecule has 1 fully saturated rings. The third-order valence-corrected chi connectivity index (χ3v) is 6.51. The van der Waals surface area contributed by atoms with Crippen molar-refractivity contribution < 1.29 is 0 Å². The molecule has 1 aliphatic rings. The molecule has 0 saturated heterocycles. The standard InChI is InChI=1S/C26H27ClN4O2/c1-26(2,3)19-11-9-17(10-12-19)14-29-16-28-23-22(29)24(32)30(15-18-7-8-18)25(33)31(23)21-6-4-5-20(27)13-21/h4-6,9-13,16,18H,7-8,14-15H2,1-3H3. The maximum absolute atomic E-state index is 13.5. The second-order valence-corrected chi connectivity index (χ2v) is 10.4. The molecule has 0 unspecified atom stereocenters. The van der Waals surface area contributed by atoms with E-state index in [4.69, 9.17) is 11.6 Å². The molecule has 0 spiro atoms. The van der Waals surface area contributed by atoms with Crippen LogP contribution >= 0.6 is 11.6 Å². The lowest BCUT2D eigenvalue weighted by Gasteiger charge is -2.19. The van der Waals surface area contributed by atoms with Crippen LogP contribution in [0.4, 0.5) is 0 Å². The topological polar surface area (TPSA) is 61.8 Å². The molecule has 6 nitrogen and oxygen atoms in total. The summed E-state index contributed by atoms with van der Waals surface area (Å²) in [4.78, 5) is 31.4. The summed E-state index contributed by atoms with van der Waals surface area (Å²) in [6.07, 6.45) is 3.73. The Kier molecular flexibility index (Phi) is 5.28. The summed E-state index contributed by atoms with van der Waals surface area (Å²) in [5.41, 5.74) is 3.11. The molecule has 2 aromatic heterocycles. The molecule has 0 bridgehead atoms. The van der Waals surface area contributed by atoms with E-state index in [1.165, 1.54) is 14.7 Å². The van der Waals surface area contributed by atoms with Crippen LogP contribution in [0.15, 0.2) is 64.4 Å². The Morgan fingerprint density at radius 2 is 1.79 bits per heavy atom. The number of fused-ring (bicyclic) bond motifs is 1. The van der Waals surface area contributed by atoms with Crippen LogP contribution in [-0.2, 0) is 18.5 Å². The largest absolute Gasteiger partial charge is 0.337 e. The predicted molar refractivity (Wildman–Crippen MR) is 132 cm³/mol. The first-order valence-electron chi connectivity index (χ1n) is 11.3. The fourth-order valence-corrected chi connectivity index (χ4v) is 4.36. The fraction of sp³-hybridized carbons (Fsp3) is 0.346. The summed E-state index contributed by atoms with van der Waals surface area (Å²) in [7, 11) is 0. The quantitative estimate of drug-likeness (QED) is 0.429. The Morgan fingerprint density at radius 1 is 1.06 bits per heavy atom. The number of hydrogen-bond acceptors (Lipinski definition) is 3. The van der Waals surface area contributed by atoms with Gasteiger partial charge < -0.3 is 4.57 Å². The van der Waals surface area contributed by atoms with Crippen LogP contribution in [0.5, 0.6) is 0 Å². The van der Waals surface area contributed by atoms with Crippen molar-refractivity contribution in [3.05, 3.63) is 91.8 Å². The molecule has 1 saturated carbocycles. The molecular weight excluding hydrogens is 436 g/mol. The van der Waals surface area contributed by atoms with Gasteiger partial charge in [0.15, 0.2) is 11.2 Å². The van der Waals surface area contributed by atoms with Crippen molar-refractivity contribution in [3.63, 3.8) is 0 Å². The molecule has 33 heavy (non-hydrogen) atoms. The molecule has 0 atom stereocenters. The Labute approximate surface area is 197 Å². The van der Waals surface area contributed by atoms with Crippen LogP contribution in [0.2, 0.25) is 5.02 Å². The van der Waals surface area contributed by atoms with E-state index in [9.17, 15) is 9.59 Å². The lowest BCUT2D eigenvalue weighted by Crippen LogP contribution is -2.40. The predicted octanol–water partition coefficient (Wildman–Crippen LogP) is 4.76. The molecule has 170 valence electrons. The molecule has 7 heteroatoms. The maximum atomic E-state index is 13.5. The number of benzene rings is 2. The molecule has 4 aromatic rings. The summed E-state index contributed by atoms with van der Waals surface area (Å²) in [5, 5.41) is 0.519. The fourth-order valence-electron chi connectivity index (χ4n) is 4.17. The van der Waals surface area contributed by atoms with Gasteiger partial charge in [-0.2, -0.15) is 0 Å². The van der Waals surface area contributed by atoms with Gasteiger partial charge in [0, 0.05) is 18.1 Å². The smallest absolute Gasteiger partial charge is 0.320 e. The summed E-state index contributed by atoms with van der Waals surface area (Å²) in [6.45, 7) is 7.47. The van der Waals surface area contributed by atoms with Crippen LogP contribution < -0.4 is 11.2 Å². The van der Waals surface area contributed by atoms with Crippen molar-refractivity contribution >= 4 is 22.8 Å². The van der Waals surface area contributed by atoms with Gasteiger partial charge in [0.2, 0.25) is 0 Å². The molecule has 0 aliphatic heterocycles. The van der Waals surface area contributed by atoms with E-state index in [-0.39, 0.29) is 16.7 Å². The van der Waals surface area contributed by atoms with Crippen molar-refractivity contribution in [1.29, 1.82) is 0 Å². The molecule has 0 N–H and O–H groups in total. The van der Waals surface area contributed by atoms with Crippen molar-refractivity contribution in [1.82, 2.24) is 18.7 Å². The molecule has 0 radical (unpaired) electrons. The zero-order chi connectivity index (χ0) is 23.3. The van der Waals surface area contributed by atoms with Crippen molar-refractivity contribution in [2.45, 2.75) is 52.1 Å². The van der Waals surface area contributed by atoms with Crippen LogP contribution in [0.1, 0.15) is 44.7 Å². The Morgan fingerprint density at radius 3 is 2.42 bits per heavy atom. The lowest BCUT2D eigenvalue weighted by atomic mass is 9.87. The third kappa shape index (κ3) is 4.15. The van der Waals surface area contributed by atoms with E-state index < -0.39 is 0 Å². The first-order valence-corrected chi connectivity index (χ1v) is 11.7. The molecular formula is C26H27ClN4O2. The average molecular weight is 463 g/mol. The lowest BCUT2D eigenvalue weighted by molar-refractivity contribution is 0.567. The highest BCUT2D eigenvalue weighted by molar-refractivity contribution is 6.30. The maximum Gasteiger partial charge on any atom is 0.337 e. The van der Waals surface area contributed by atoms with E-state index in [2.05, 4.69) is 50.0 Å². The highest BCUT2D eigenvalue weighted by Crippen LogP contribution is 2.30. The van der Waals surface area contributed by atoms with E-state index in [1.54, 1.807) is 24.5 Å². The summed E-state index contributed by atoms with van der Waals surface area (Å²) < 4.78 is 4.71. The first kappa shape index (κ1) is 21.7. The van der Waals surface area contributed by atoms with E-state index >= 15 is 0 Å². The van der Waals surface area contributed by atoms with E-state index in [0.717, 1.165) is 18.4 Å².